The topological polar surface area (TPSA) is 63.6 Å². The fourth-order valence-corrected chi connectivity index (χ4v) is 2.01. The number of rotatable bonds is 5. The van der Waals surface area contributed by atoms with Gasteiger partial charge < -0.3 is 4.74 Å². The zero-order chi connectivity index (χ0) is 17.7. The first-order chi connectivity index (χ1) is 11.4. The minimum absolute atomic E-state index is 0.0146. The van der Waals surface area contributed by atoms with Crippen molar-refractivity contribution in [2.75, 3.05) is 0 Å². The van der Waals surface area contributed by atoms with Gasteiger partial charge in [0.25, 0.3) is 5.91 Å². The number of halogens is 3. The summed E-state index contributed by atoms with van der Waals surface area (Å²) in [4.78, 5) is 15.8. The van der Waals surface area contributed by atoms with E-state index in [1.165, 1.54) is 24.4 Å². The molecule has 0 fully saturated rings. The zero-order valence-corrected chi connectivity index (χ0v) is 13.6. The first-order valence-corrected chi connectivity index (χ1v) is 7.26. The molecule has 0 bridgehead atoms. The van der Waals surface area contributed by atoms with E-state index in [1.54, 1.807) is 26.0 Å². The van der Waals surface area contributed by atoms with Crippen LogP contribution in [-0.4, -0.2) is 23.2 Å². The lowest BCUT2D eigenvalue weighted by molar-refractivity contribution is -0.0499. The first-order valence-electron chi connectivity index (χ1n) is 6.89. The highest BCUT2D eigenvalue weighted by atomic mass is 35.5. The lowest BCUT2D eigenvalue weighted by Crippen LogP contribution is -2.20. The fourth-order valence-electron chi connectivity index (χ4n) is 1.89. The summed E-state index contributed by atoms with van der Waals surface area (Å²) in [6.45, 7) is 0.433. The molecule has 1 aromatic carbocycles. The summed E-state index contributed by atoms with van der Waals surface area (Å²) in [5, 5.41) is 4.20. The third-order valence-corrected chi connectivity index (χ3v) is 3.28. The SMILES string of the molecule is CC(=NNC(=O)c1ccc(Cl)nc1)c1cc(C)ccc1OC(F)F. The first kappa shape index (κ1) is 17.8. The van der Waals surface area contributed by atoms with Gasteiger partial charge in [0.2, 0.25) is 0 Å². The van der Waals surface area contributed by atoms with Crippen molar-refractivity contribution >= 4 is 23.2 Å². The van der Waals surface area contributed by atoms with Crippen LogP contribution < -0.4 is 10.2 Å². The van der Waals surface area contributed by atoms with Crippen LogP contribution in [-0.2, 0) is 0 Å². The second-order valence-electron chi connectivity index (χ2n) is 4.89. The summed E-state index contributed by atoms with van der Waals surface area (Å²) in [7, 11) is 0. The van der Waals surface area contributed by atoms with E-state index in [0.29, 0.717) is 11.3 Å². The Bertz CT molecular complexity index is 764. The van der Waals surface area contributed by atoms with Gasteiger partial charge in [-0.2, -0.15) is 13.9 Å². The largest absolute Gasteiger partial charge is 0.434 e. The Kier molecular flexibility index (Phi) is 5.81. The van der Waals surface area contributed by atoms with Gasteiger partial charge in [-0.1, -0.05) is 23.2 Å². The number of carbonyl (C=O) groups is 1. The predicted molar refractivity (Wildman–Crippen MR) is 86.7 cm³/mol. The highest BCUT2D eigenvalue weighted by molar-refractivity contribution is 6.29. The molecule has 5 nitrogen and oxygen atoms in total. The molecule has 0 aliphatic rings. The molecule has 0 aliphatic heterocycles. The summed E-state index contributed by atoms with van der Waals surface area (Å²) in [5.74, 6) is -0.512. The molecule has 2 aromatic rings. The van der Waals surface area contributed by atoms with E-state index in [-0.39, 0.29) is 16.5 Å². The van der Waals surface area contributed by atoms with E-state index in [1.807, 2.05) is 0 Å². The Morgan fingerprint density at radius 3 is 2.71 bits per heavy atom. The van der Waals surface area contributed by atoms with Crippen molar-refractivity contribution in [1.29, 1.82) is 0 Å². The average Bonchev–Trinajstić information content (AvgIpc) is 2.54. The Balaban J connectivity index is 2.19. The Labute approximate surface area is 142 Å². The molecule has 0 saturated heterocycles. The Morgan fingerprint density at radius 2 is 2.08 bits per heavy atom. The van der Waals surface area contributed by atoms with Crippen molar-refractivity contribution < 1.29 is 18.3 Å². The molecule has 2 rings (SSSR count). The fraction of sp³-hybridized carbons (Fsp3) is 0.188. The summed E-state index contributed by atoms with van der Waals surface area (Å²) < 4.78 is 29.4. The highest BCUT2D eigenvalue weighted by Crippen LogP contribution is 2.22. The van der Waals surface area contributed by atoms with Crippen molar-refractivity contribution in [3.05, 3.63) is 58.4 Å². The number of ether oxygens (including phenoxy) is 1. The maximum Gasteiger partial charge on any atom is 0.387 e. The van der Waals surface area contributed by atoms with Gasteiger partial charge >= 0.3 is 6.61 Å². The molecular weight excluding hydrogens is 340 g/mol. The Morgan fingerprint density at radius 1 is 1.33 bits per heavy atom. The van der Waals surface area contributed by atoms with Crippen LogP contribution in [0.2, 0.25) is 5.15 Å². The number of hydrogen-bond donors (Lipinski definition) is 1. The van der Waals surface area contributed by atoms with E-state index in [4.69, 9.17) is 11.6 Å². The number of benzene rings is 1. The van der Waals surface area contributed by atoms with Gasteiger partial charge in [0.05, 0.1) is 11.3 Å². The maximum atomic E-state index is 12.5. The minimum atomic E-state index is -2.95. The van der Waals surface area contributed by atoms with Crippen molar-refractivity contribution in [3.8, 4) is 5.75 Å². The Hall–Kier alpha value is -2.54. The van der Waals surface area contributed by atoms with Crippen LogP contribution in [0.3, 0.4) is 0 Å². The zero-order valence-electron chi connectivity index (χ0n) is 12.9. The molecule has 24 heavy (non-hydrogen) atoms. The van der Waals surface area contributed by atoms with E-state index in [0.717, 1.165) is 5.56 Å². The maximum absolute atomic E-state index is 12.5. The van der Waals surface area contributed by atoms with Gasteiger partial charge in [0.15, 0.2) is 0 Å². The average molecular weight is 354 g/mol. The van der Waals surface area contributed by atoms with Crippen LogP contribution >= 0.6 is 11.6 Å². The van der Waals surface area contributed by atoms with Crippen LogP contribution in [0, 0.1) is 6.92 Å². The summed E-state index contributed by atoms with van der Waals surface area (Å²) >= 11 is 5.65. The van der Waals surface area contributed by atoms with Crippen LogP contribution in [0.1, 0.15) is 28.4 Å². The smallest absolute Gasteiger partial charge is 0.387 e. The number of amides is 1. The van der Waals surface area contributed by atoms with Crippen LogP contribution in [0.15, 0.2) is 41.6 Å². The van der Waals surface area contributed by atoms with E-state index in [2.05, 4.69) is 20.2 Å². The molecule has 126 valence electrons. The standard InChI is InChI=1S/C16H14ClF2N3O2/c1-9-3-5-13(24-16(18)19)12(7-9)10(2)21-22-15(23)11-4-6-14(17)20-8-11/h3-8,16H,1-2H3,(H,22,23). The lowest BCUT2D eigenvalue weighted by Gasteiger charge is -2.11. The van der Waals surface area contributed by atoms with E-state index in [9.17, 15) is 13.6 Å². The van der Waals surface area contributed by atoms with E-state index >= 15 is 0 Å². The number of hydrazone groups is 1. The molecule has 0 aliphatic carbocycles. The molecule has 1 heterocycles. The molecule has 1 aromatic heterocycles. The van der Waals surface area contributed by atoms with Crippen LogP contribution in [0.25, 0.3) is 0 Å². The normalized spacial score (nSPS) is 11.5. The molecule has 0 radical (unpaired) electrons. The van der Waals surface area contributed by atoms with Gasteiger partial charge in [0, 0.05) is 11.8 Å². The quantitative estimate of drug-likeness (QED) is 0.505. The summed E-state index contributed by atoms with van der Waals surface area (Å²) in [5.41, 5.74) is 4.14. The van der Waals surface area contributed by atoms with Crippen molar-refractivity contribution in [2.24, 2.45) is 5.10 Å². The van der Waals surface area contributed by atoms with Gasteiger partial charge in [-0.3, -0.25) is 4.79 Å². The molecule has 0 atom stereocenters. The molecular formula is C16H14ClF2N3O2. The number of alkyl halides is 2. The van der Waals surface area contributed by atoms with Gasteiger partial charge in [-0.15, -0.1) is 0 Å². The molecule has 0 spiro atoms. The number of aryl methyl sites for hydroxylation is 1. The molecule has 1 N–H and O–H groups in total. The second-order valence-corrected chi connectivity index (χ2v) is 5.27. The third-order valence-electron chi connectivity index (χ3n) is 3.06. The number of pyridine rings is 1. The number of hydrogen-bond acceptors (Lipinski definition) is 4. The van der Waals surface area contributed by atoms with Crippen LogP contribution in [0.5, 0.6) is 5.75 Å². The monoisotopic (exact) mass is 353 g/mol. The molecule has 0 unspecified atom stereocenters. The summed E-state index contributed by atoms with van der Waals surface area (Å²) in [6.07, 6.45) is 1.31. The van der Waals surface area contributed by atoms with Crippen molar-refractivity contribution in [3.63, 3.8) is 0 Å². The lowest BCUT2D eigenvalue weighted by atomic mass is 10.1. The second kappa shape index (κ2) is 7.83. The number of nitrogens with zero attached hydrogens (tertiary/aromatic N) is 2. The number of nitrogens with one attached hydrogen (secondary N) is 1. The predicted octanol–water partition coefficient (Wildman–Crippen LogP) is 3.80. The van der Waals surface area contributed by atoms with Gasteiger partial charge in [-0.05, 0) is 38.1 Å². The third kappa shape index (κ3) is 4.73. The number of aromatic nitrogens is 1. The van der Waals surface area contributed by atoms with Crippen LogP contribution in [0.4, 0.5) is 8.78 Å². The van der Waals surface area contributed by atoms with Crippen molar-refractivity contribution in [1.82, 2.24) is 10.4 Å². The van der Waals surface area contributed by atoms with E-state index < -0.39 is 12.5 Å². The molecule has 0 saturated carbocycles. The summed E-state index contributed by atoms with van der Waals surface area (Å²) in [6, 6.07) is 7.69. The highest BCUT2D eigenvalue weighted by Gasteiger charge is 2.13. The van der Waals surface area contributed by atoms with Gasteiger partial charge in [0.1, 0.15) is 10.9 Å². The minimum Gasteiger partial charge on any atom is -0.434 e. The molecule has 1 amide bonds. The van der Waals surface area contributed by atoms with Crippen molar-refractivity contribution in [2.45, 2.75) is 20.5 Å². The van der Waals surface area contributed by atoms with Gasteiger partial charge in [-0.25, -0.2) is 10.4 Å². The number of carbonyl (C=O) groups excluding carboxylic acids is 1. The molecule has 8 heteroatoms.